The zero-order chi connectivity index (χ0) is 18.0. The van der Waals surface area contributed by atoms with Gasteiger partial charge in [0.25, 0.3) is 0 Å². The molecule has 0 radical (unpaired) electrons. The first-order valence-corrected chi connectivity index (χ1v) is 10.4. The number of hydrogen-bond acceptors (Lipinski definition) is 4. The highest BCUT2D eigenvalue weighted by atomic mass is 32.2. The monoisotopic (exact) mass is 365 g/mol. The number of aryl methyl sites for hydroxylation is 1. The number of sulfonamides is 1. The molecule has 6 nitrogen and oxygen atoms in total. The quantitative estimate of drug-likeness (QED) is 0.873. The highest BCUT2D eigenvalue weighted by Crippen LogP contribution is 2.27. The second kappa shape index (κ2) is 7.43. The summed E-state index contributed by atoms with van der Waals surface area (Å²) >= 11 is 0. The van der Waals surface area contributed by atoms with Crippen molar-refractivity contribution in [2.75, 3.05) is 26.2 Å². The fourth-order valence-corrected chi connectivity index (χ4v) is 5.13. The summed E-state index contributed by atoms with van der Waals surface area (Å²) in [6, 6.07) is 7.02. The molecular weight excluding hydrogens is 338 g/mol. The Hall–Kier alpha value is -1.44. The molecule has 1 saturated carbocycles. The second-order valence-corrected chi connectivity index (χ2v) is 9.09. The lowest BCUT2D eigenvalue weighted by atomic mass is 9.99. The van der Waals surface area contributed by atoms with Crippen molar-refractivity contribution in [3.05, 3.63) is 29.8 Å². The molecule has 1 aliphatic carbocycles. The van der Waals surface area contributed by atoms with Crippen molar-refractivity contribution < 1.29 is 13.2 Å². The van der Waals surface area contributed by atoms with Gasteiger partial charge >= 0.3 is 0 Å². The van der Waals surface area contributed by atoms with Crippen molar-refractivity contribution in [1.29, 1.82) is 0 Å². The van der Waals surface area contributed by atoms with Crippen LogP contribution in [0.3, 0.4) is 0 Å². The van der Waals surface area contributed by atoms with Crippen LogP contribution in [0.4, 0.5) is 0 Å². The molecule has 1 heterocycles. The number of piperazine rings is 1. The molecule has 1 aromatic carbocycles. The Kier molecular flexibility index (Phi) is 5.46. The normalized spacial score (nSPS) is 25.3. The van der Waals surface area contributed by atoms with E-state index in [1.807, 2.05) is 6.92 Å². The Morgan fingerprint density at radius 2 is 1.76 bits per heavy atom. The number of nitrogens with two attached hydrogens (primary N) is 1. The molecule has 1 aromatic rings. The Balaban J connectivity index is 1.57. The maximum atomic E-state index is 12.7. The van der Waals surface area contributed by atoms with Crippen LogP contribution in [0.1, 0.15) is 31.2 Å². The number of carbonyl (C=O) groups is 1. The predicted octanol–water partition coefficient (Wildman–Crippen LogP) is 1.35. The molecular formula is C18H27N3O3S. The first kappa shape index (κ1) is 18.4. The summed E-state index contributed by atoms with van der Waals surface area (Å²) < 4.78 is 26.9. The number of rotatable bonds is 4. The Bertz CT molecular complexity index is 710. The molecule has 3 rings (SSSR count). The summed E-state index contributed by atoms with van der Waals surface area (Å²) in [5, 5.41) is 0. The fourth-order valence-electron chi connectivity index (χ4n) is 3.71. The largest absolute Gasteiger partial charge is 0.340 e. The van der Waals surface area contributed by atoms with E-state index < -0.39 is 10.0 Å². The molecule has 138 valence electrons. The third kappa shape index (κ3) is 4.04. The molecule has 0 aromatic heterocycles. The Morgan fingerprint density at radius 1 is 1.12 bits per heavy atom. The standard InChI is InChI=1S/C18H27N3O3S/c1-14-5-7-16(8-6-14)25(23,24)21-11-9-20(10-12-21)18(22)13-15-3-2-4-17(15)19/h5-8,15,17H,2-4,9-13,19H2,1H3/t15-,17+/m0/s1. The summed E-state index contributed by atoms with van der Waals surface area (Å²) in [5.41, 5.74) is 7.08. The van der Waals surface area contributed by atoms with Crippen molar-refractivity contribution in [3.63, 3.8) is 0 Å². The molecule has 0 spiro atoms. The first-order valence-electron chi connectivity index (χ1n) is 8.98. The van der Waals surface area contributed by atoms with Gasteiger partial charge in [-0.25, -0.2) is 8.42 Å². The van der Waals surface area contributed by atoms with Crippen LogP contribution in [0, 0.1) is 12.8 Å². The zero-order valence-electron chi connectivity index (χ0n) is 14.7. The van der Waals surface area contributed by atoms with Gasteiger partial charge in [0.15, 0.2) is 0 Å². The molecule has 1 aliphatic heterocycles. The van der Waals surface area contributed by atoms with Crippen LogP contribution in [-0.4, -0.2) is 55.8 Å². The van der Waals surface area contributed by atoms with Crippen molar-refractivity contribution in [2.45, 2.75) is 43.5 Å². The number of benzene rings is 1. The maximum Gasteiger partial charge on any atom is 0.243 e. The van der Waals surface area contributed by atoms with Crippen molar-refractivity contribution in [1.82, 2.24) is 9.21 Å². The summed E-state index contributed by atoms with van der Waals surface area (Å²) in [6.07, 6.45) is 3.61. The molecule has 7 heteroatoms. The molecule has 25 heavy (non-hydrogen) atoms. The van der Waals surface area contributed by atoms with Gasteiger partial charge in [0.2, 0.25) is 15.9 Å². The zero-order valence-corrected chi connectivity index (χ0v) is 15.5. The topological polar surface area (TPSA) is 83.7 Å². The van der Waals surface area contributed by atoms with E-state index in [-0.39, 0.29) is 17.9 Å². The minimum atomic E-state index is -3.48. The Morgan fingerprint density at radius 3 is 2.32 bits per heavy atom. The second-order valence-electron chi connectivity index (χ2n) is 7.16. The van der Waals surface area contributed by atoms with Gasteiger partial charge in [0.1, 0.15) is 0 Å². The van der Waals surface area contributed by atoms with Crippen LogP contribution in [0.25, 0.3) is 0 Å². The van der Waals surface area contributed by atoms with Gasteiger partial charge in [-0.2, -0.15) is 4.31 Å². The van der Waals surface area contributed by atoms with E-state index in [0.717, 1.165) is 24.8 Å². The van der Waals surface area contributed by atoms with Gasteiger partial charge in [-0.15, -0.1) is 0 Å². The molecule has 1 saturated heterocycles. The van der Waals surface area contributed by atoms with Crippen molar-refractivity contribution in [2.24, 2.45) is 11.7 Å². The van der Waals surface area contributed by atoms with Crippen molar-refractivity contribution >= 4 is 15.9 Å². The molecule has 2 fully saturated rings. The highest BCUT2D eigenvalue weighted by Gasteiger charge is 2.32. The molecule has 0 bridgehead atoms. The van der Waals surface area contributed by atoms with E-state index in [4.69, 9.17) is 5.73 Å². The minimum Gasteiger partial charge on any atom is -0.340 e. The molecule has 2 aliphatic rings. The van der Waals surface area contributed by atoms with Crippen LogP contribution in [0.2, 0.25) is 0 Å². The van der Waals surface area contributed by atoms with E-state index in [1.165, 1.54) is 4.31 Å². The lowest BCUT2D eigenvalue weighted by Gasteiger charge is -2.34. The summed E-state index contributed by atoms with van der Waals surface area (Å²) in [7, 11) is -3.48. The molecule has 0 unspecified atom stereocenters. The van der Waals surface area contributed by atoms with Gasteiger partial charge in [-0.1, -0.05) is 24.1 Å². The highest BCUT2D eigenvalue weighted by molar-refractivity contribution is 7.89. The molecule has 2 N–H and O–H groups in total. The lowest BCUT2D eigenvalue weighted by Crippen LogP contribution is -2.51. The van der Waals surface area contributed by atoms with Crippen LogP contribution < -0.4 is 5.73 Å². The van der Waals surface area contributed by atoms with Crippen molar-refractivity contribution in [3.8, 4) is 0 Å². The first-order chi connectivity index (χ1) is 11.9. The van der Waals surface area contributed by atoms with E-state index in [1.54, 1.807) is 29.2 Å². The summed E-state index contributed by atoms with van der Waals surface area (Å²) in [6.45, 7) is 3.52. The third-order valence-corrected chi connectivity index (χ3v) is 7.32. The van der Waals surface area contributed by atoms with Crippen LogP contribution in [0.5, 0.6) is 0 Å². The van der Waals surface area contributed by atoms with Crippen LogP contribution in [0.15, 0.2) is 29.2 Å². The number of amides is 1. The average Bonchev–Trinajstić information content (AvgIpc) is 3.00. The predicted molar refractivity (Wildman–Crippen MR) is 96.5 cm³/mol. The SMILES string of the molecule is Cc1ccc(S(=O)(=O)N2CCN(C(=O)C[C@@H]3CCC[C@H]3N)CC2)cc1. The van der Waals surface area contributed by atoms with Gasteiger partial charge in [0.05, 0.1) is 4.90 Å². The van der Waals surface area contributed by atoms with Gasteiger partial charge < -0.3 is 10.6 Å². The van der Waals surface area contributed by atoms with E-state index in [2.05, 4.69) is 0 Å². The van der Waals surface area contributed by atoms with Crippen LogP contribution >= 0.6 is 0 Å². The van der Waals surface area contributed by atoms with Gasteiger partial charge in [-0.05, 0) is 37.8 Å². The van der Waals surface area contributed by atoms with E-state index in [9.17, 15) is 13.2 Å². The fraction of sp³-hybridized carbons (Fsp3) is 0.611. The van der Waals surface area contributed by atoms with E-state index >= 15 is 0 Å². The molecule has 1 amide bonds. The van der Waals surface area contributed by atoms with Crippen LogP contribution in [-0.2, 0) is 14.8 Å². The third-order valence-electron chi connectivity index (χ3n) is 5.40. The smallest absolute Gasteiger partial charge is 0.243 e. The molecule has 2 atom stereocenters. The summed E-state index contributed by atoms with van der Waals surface area (Å²) in [4.78, 5) is 14.6. The average molecular weight is 365 g/mol. The Labute approximate surface area is 150 Å². The summed E-state index contributed by atoms with van der Waals surface area (Å²) in [5.74, 6) is 0.386. The number of nitrogens with zero attached hydrogens (tertiary/aromatic N) is 2. The number of hydrogen-bond donors (Lipinski definition) is 1. The van der Waals surface area contributed by atoms with E-state index in [0.29, 0.717) is 37.5 Å². The number of carbonyl (C=O) groups excluding carboxylic acids is 1. The maximum absolute atomic E-state index is 12.7. The van der Waals surface area contributed by atoms with Gasteiger partial charge in [0, 0.05) is 38.6 Å². The lowest BCUT2D eigenvalue weighted by molar-refractivity contribution is -0.133. The minimum absolute atomic E-state index is 0.106. The van der Waals surface area contributed by atoms with Gasteiger partial charge in [-0.3, -0.25) is 4.79 Å².